The van der Waals surface area contributed by atoms with Crippen LogP contribution < -0.4 is 10.9 Å². The minimum atomic E-state index is -0.446. The number of aryl methyl sites for hydroxylation is 1. The van der Waals surface area contributed by atoms with Gasteiger partial charge in [0.15, 0.2) is 0 Å². The van der Waals surface area contributed by atoms with Gasteiger partial charge in [-0.1, -0.05) is 18.2 Å². The standard InChI is InChI=1S/C19H17N5O2/c20-10-4-12-24-13-14(15-5-1-2-7-17(15)24)8-9-18(25)22-23-19(26)16-6-3-11-21-16/h1-3,5-9,11,13,21H,4,12H2,(H,22,25)(H,23,26)/b9-8+. The summed E-state index contributed by atoms with van der Waals surface area (Å²) in [4.78, 5) is 26.4. The first-order chi connectivity index (χ1) is 12.7. The highest BCUT2D eigenvalue weighted by Gasteiger charge is 2.08. The zero-order valence-electron chi connectivity index (χ0n) is 13.9. The van der Waals surface area contributed by atoms with E-state index in [1.54, 1.807) is 24.4 Å². The third-order valence-corrected chi connectivity index (χ3v) is 3.84. The number of aromatic nitrogens is 2. The molecule has 0 unspecified atom stereocenters. The fraction of sp³-hybridized carbons (Fsp3) is 0.105. The van der Waals surface area contributed by atoms with Crippen molar-refractivity contribution in [3.63, 3.8) is 0 Å². The van der Waals surface area contributed by atoms with Crippen molar-refractivity contribution in [3.8, 4) is 6.07 Å². The van der Waals surface area contributed by atoms with E-state index < -0.39 is 11.8 Å². The van der Waals surface area contributed by atoms with Gasteiger partial charge in [-0.15, -0.1) is 0 Å². The summed E-state index contributed by atoms with van der Waals surface area (Å²) in [6.45, 7) is 0.587. The predicted octanol–water partition coefficient (Wildman–Crippen LogP) is 2.36. The number of aromatic amines is 1. The largest absolute Gasteiger partial charge is 0.357 e. The first kappa shape index (κ1) is 17.0. The van der Waals surface area contributed by atoms with Crippen molar-refractivity contribution in [3.05, 3.63) is 66.1 Å². The first-order valence-corrected chi connectivity index (χ1v) is 8.05. The Morgan fingerprint density at radius 2 is 2.04 bits per heavy atom. The lowest BCUT2D eigenvalue weighted by Gasteiger charge is -2.03. The SMILES string of the molecule is N#CCCn1cc(/C=C/C(=O)NNC(=O)c2ccc[nH]2)c2ccccc21. The zero-order valence-corrected chi connectivity index (χ0v) is 13.9. The van der Waals surface area contributed by atoms with Crippen molar-refractivity contribution in [2.75, 3.05) is 0 Å². The number of nitrogens with zero attached hydrogens (tertiary/aromatic N) is 2. The van der Waals surface area contributed by atoms with Crippen molar-refractivity contribution in [1.82, 2.24) is 20.4 Å². The van der Waals surface area contributed by atoms with Crippen LogP contribution >= 0.6 is 0 Å². The number of carbonyl (C=O) groups is 2. The van der Waals surface area contributed by atoms with E-state index in [1.807, 2.05) is 35.0 Å². The lowest BCUT2D eigenvalue weighted by atomic mass is 10.1. The normalized spacial score (nSPS) is 10.7. The van der Waals surface area contributed by atoms with Crippen LogP contribution in [0.2, 0.25) is 0 Å². The van der Waals surface area contributed by atoms with Gasteiger partial charge in [0.1, 0.15) is 5.69 Å². The molecule has 3 N–H and O–H groups in total. The molecule has 0 aliphatic carbocycles. The Morgan fingerprint density at radius 3 is 2.81 bits per heavy atom. The van der Waals surface area contributed by atoms with E-state index >= 15 is 0 Å². The van der Waals surface area contributed by atoms with Crippen LogP contribution in [0.5, 0.6) is 0 Å². The second-order valence-electron chi connectivity index (χ2n) is 5.56. The van der Waals surface area contributed by atoms with Gasteiger partial charge in [0.25, 0.3) is 11.8 Å². The molecule has 2 heterocycles. The van der Waals surface area contributed by atoms with Gasteiger partial charge in [0, 0.05) is 41.5 Å². The number of amides is 2. The number of carbonyl (C=O) groups excluding carboxylic acids is 2. The van der Waals surface area contributed by atoms with Gasteiger partial charge in [-0.25, -0.2) is 0 Å². The number of H-pyrrole nitrogens is 1. The van der Waals surface area contributed by atoms with Crippen LogP contribution in [-0.2, 0) is 11.3 Å². The molecule has 7 nitrogen and oxygen atoms in total. The van der Waals surface area contributed by atoms with Gasteiger partial charge in [-0.2, -0.15) is 5.26 Å². The van der Waals surface area contributed by atoms with Crippen molar-refractivity contribution in [2.24, 2.45) is 0 Å². The summed E-state index contributed by atoms with van der Waals surface area (Å²) in [5.41, 5.74) is 6.89. The fourth-order valence-electron chi connectivity index (χ4n) is 2.63. The van der Waals surface area contributed by atoms with Crippen molar-refractivity contribution in [1.29, 1.82) is 5.26 Å². The van der Waals surface area contributed by atoms with Crippen molar-refractivity contribution >= 4 is 28.8 Å². The van der Waals surface area contributed by atoms with Crippen LogP contribution in [0.15, 0.2) is 54.9 Å². The lowest BCUT2D eigenvalue weighted by Crippen LogP contribution is -2.40. The maximum Gasteiger partial charge on any atom is 0.286 e. The van der Waals surface area contributed by atoms with Gasteiger partial charge in [-0.05, 0) is 24.3 Å². The molecule has 3 rings (SSSR count). The van der Waals surface area contributed by atoms with E-state index in [0.29, 0.717) is 18.7 Å². The molecule has 26 heavy (non-hydrogen) atoms. The average Bonchev–Trinajstić information content (AvgIpc) is 3.31. The summed E-state index contributed by atoms with van der Waals surface area (Å²) >= 11 is 0. The van der Waals surface area contributed by atoms with Crippen LogP contribution in [0.25, 0.3) is 17.0 Å². The number of hydrogen-bond donors (Lipinski definition) is 3. The molecule has 0 spiro atoms. The molecule has 0 atom stereocenters. The number of fused-ring (bicyclic) bond motifs is 1. The Kier molecular flexibility index (Phi) is 5.15. The summed E-state index contributed by atoms with van der Waals surface area (Å²) in [7, 11) is 0. The number of rotatable bonds is 5. The van der Waals surface area contributed by atoms with E-state index in [9.17, 15) is 9.59 Å². The summed E-state index contributed by atoms with van der Waals surface area (Å²) in [5, 5.41) is 9.78. The van der Waals surface area contributed by atoms with Crippen LogP contribution in [0.4, 0.5) is 0 Å². The number of para-hydroxylation sites is 1. The molecule has 2 aromatic heterocycles. The Balaban J connectivity index is 1.69. The second-order valence-corrected chi connectivity index (χ2v) is 5.56. The minimum absolute atomic E-state index is 0.356. The van der Waals surface area contributed by atoms with E-state index in [4.69, 9.17) is 5.26 Å². The third-order valence-electron chi connectivity index (χ3n) is 3.84. The first-order valence-electron chi connectivity index (χ1n) is 8.05. The molecule has 0 radical (unpaired) electrons. The lowest BCUT2D eigenvalue weighted by molar-refractivity contribution is -0.117. The summed E-state index contributed by atoms with van der Waals surface area (Å²) < 4.78 is 1.99. The molecule has 0 saturated heterocycles. The molecule has 0 fully saturated rings. The van der Waals surface area contributed by atoms with E-state index in [0.717, 1.165) is 16.5 Å². The van der Waals surface area contributed by atoms with E-state index in [-0.39, 0.29) is 0 Å². The molecule has 130 valence electrons. The van der Waals surface area contributed by atoms with E-state index in [2.05, 4.69) is 21.9 Å². The Hall–Kier alpha value is -3.79. The van der Waals surface area contributed by atoms with Gasteiger partial charge in [0.2, 0.25) is 0 Å². The monoisotopic (exact) mass is 347 g/mol. The molecule has 7 heteroatoms. The second kappa shape index (κ2) is 7.85. The van der Waals surface area contributed by atoms with Gasteiger partial charge in [0.05, 0.1) is 12.5 Å². The molecule has 0 bridgehead atoms. The molecule has 1 aromatic carbocycles. The van der Waals surface area contributed by atoms with Gasteiger partial charge < -0.3 is 9.55 Å². The zero-order chi connectivity index (χ0) is 18.4. The Morgan fingerprint density at radius 1 is 1.19 bits per heavy atom. The fourth-order valence-corrected chi connectivity index (χ4v) is 2.63. The number of benzene rings is 1. The topological polar surface area (TPSA) is 103 Å². The third kappa shape index (κ3) is 3.82. The van der Waals surface area contributed by atoms with Crippen LogP contribution in [0.3, 0.4) is 0 Å². The molecular weight excluding hydrogens is 330 g/mol. The quantitative estimate of drug-likeness (QED) is 0.487. The van der Waals surface area contributed by atoms with Crippen LogP contribution in [0, 0.1) is 11.3 Å². The van der Waals surface area contributed by atoms with Crippen LogP contribution in [0.1, 0.15) is 22.5 Å². The maximum atomic E-state index is 11.9. The molecular formula is C19H17N5O2. The van der Waals surface area contributed by atoms with E-state index in [1.165, 1.54) is 6.08 Å². The molecule has 2 amide bonds. The number of nitrogens with one attached hydrogen (secondary N) is 3. The maximum absolute atomic E-state index is 11.9. The summed E-state index contributed by atoms with van der Waals surface area (Å²) in [5.74, 6) is -0.872. The molecule has 0 aliphatic rings. The predicted molar refractivity (Wildman–Crippen MR) is 97.6 cm³/mol. The minimum Gasteiger partial charge on any atom is -0.357 e. The van der Waals surface area contributed by atoms with Gasteiger partial charge in [-0.3, -0.25) is 20.4 Å². The smallest absolute Gasteiger partial charge is 0.286 e. The summed E-state index contributed by atoms with van der Waals surface area (Å²) in [6, 6.07) is 13.2. The van der Waals surface area contributed by atoms with Crippen LogP contribution in [-0.4, -0.2) is 21.4 Å². The summed E-state index contributed by atoms with van der Waals surface area (Å²) in [6.07, 6.45) is 6.97. The highest BCUT2D eigenvalue weighted by molar-refractivity contribution is 5.98. The van der Waals surface area contributed by atoms with Gasteiger partial charge >= 0.3 is 0 Å². The van der Waals surface area contributed by atoms with Crippen molar-refractivity contribution in [2.45, 2.75) is 13.0 Å². The van der Waals surface area contributed by atoms with Crippen molar-refractivity contribution < 1.29 is 9.59 Å². The average molecular weight is 347 g/mol. The Bertz CT molecular complexity index is 993. The highest BCUT2D eigenvalue weighted by atomic mass is 16.2. The number of nitriles is 1. The molecule has 3 aromatic rings. The number of hydrogen-bond acceptors (Lipinski definition) is 3. The Labute approximate surface area is 149 Å². The molecule has 0 aliphatic heterocycles. The number of hydrazine groups is 1. The highest BCUT2D eigenvalue weighted by Crippen LogP contribution is 2.22. The molecule has 0 saturated carbocycles.